The number of hydrogen-bond acceptors (Lipinski definition) is 4. The van der Waals surface area contributed by atoms with E-state index in [-0.39, 0.29) is 24.9 Å². The number of nitrogens with zero attached hydrogens (tertiary/aromatic N) is 2. The van der Waals surface area contributed by atoms with Crippen molar-refractivity contribution in [3.63, 3.8) is 0 Å². The van der Waals surface area contributed by atoms with E-state index in [9.17, 15) is 4.79 Å². The highest BCUT2D eigenvalue weighted by Crippen LogP contribution is 2.19. The molecule has 0 unspecified atom stereocenters. The van der Waals surface area contributed by atoms with Crippen LogP contribution >= 0.6 is 0 Å². The quantitative estimate of drug-likeness (QED) is 0.261. The highest BCUT2D eigenvalue weighted by Gasteiger charge is 2.36. The van der Waals surface area contributed by atoms with Crippen LogP contribution in [0.4, 0.5) is 0 Å². The van der Waals surface area contributed by atoms with Gasteiger partial charge in [0.05, 0.1) is 6.61 Å². The summed E-state index contributed by atoms with van der Waals surface area (Å²) in [6.07, 6.45) is 1.82. The van der Waals surface area contributed by atoms with Crippen molar-refractivity contribution in [3.05, 3.63) is 0 Å². The Labute approximate surface area is 102 Å². The molecule has 0 aliphatic heterocycles. The summed E-state index contributed by atoms with van der Waals surface area (Å²) >= 11 is 0. The van der Waals surface area contributed by atoms with Gasteiger partial charge < -0.3 is 20.9 Å². The van der Waals surface area contributed by atoms with E-state index in [1.165, 1.54) is 0 Å². The van der Waals surface area contributed by atoms with Crippen LogP contribution in [0.25, 0.3) is 0 Å². The summed E-state index contributed by atoms with van der Waals surface area (Å²) in [6.45, 7) is 5.96. The van der Waals surface area contributed by atoms with E-state index in [0.29, 0.717) is 6.54 Å². The Morgan fingerprint density at radius 1 is 1.41 bits per heavy atom. The topological polar surface area (TPSA) is 99.2 Å². The number of carbonyl (C=O) groups excluding carboxylic acids is 1. The number of carbonyl (C=O) groups is 1. The molecular formula is C11H23N3O3. The number of nitrogens with two attached hydrogens (primary N) is 1. The molecule has 100 valence electrons. The van der Waals surface area contributed by atoms with Gasteiger partial charge in [0.25, 0.3) is 0 Å². The normalized spacial score (nSPS) is 12.6. The number of aliphatic hydroxyl groups excluding tert-OH is 1. The Hall–Kier alpha value is -1.30. The van der Waals surface area contributed by atoms with Crippen molar-refractivity contribution in [2.75, 3.05) is 19.7 Å². The van der Waals surface area contributed by atoms with Crippen LogP contribution in [-0.4, -0.2) is 46.7 Å². The minimum absolute atomic E-state index is 0.0955. The maximum Gasteiger partial charge on any atom is 0.236 e. The van der Waals surface area contributed by atoms with E-state index in [0.717, 1.165) is 12.8 Å². The highest BCUT2D eigenvalue weighted by atomic mass is 16.4. The first-order chi connectivity index (χ1) is 7.91. The number of amidine groups is 1. The fourth-order valence-electron chi connectivity index (χ4n) is 1.41. The molecule has 1 amide bonds. The van der Waals surface area contributed by atoms with Crippen molar-refractivity contribution >= 4 is 11.7 Å². The van der Waals surface area contributed by atoms with Crippen molar-refractivity contribution in [2.45, 2.75) is 33.6 Å². The summed E-state index contributed by atoms with van der Waals surface area (Å²) in [5.41, 5.74) is 4.45. The first-order valence-electron chi connectivity index (χ1n) is 5.80. The van der Waals surface area contributed by atoms with Crippen LogP contribution in [0.2, 0.25) is 0 Å². The first-order valence-corrected chi connectivity index (χ1v) is 5.80. The number of unbranched alkanes of at least 4 members (excludes halogenated alkanes) is 1. The molecule has 0 radical (unpaired) electrons. The number of rotatable bonds is 7. The molecule has 0 aromatic rings. The Kier molecular flexibility index (Phi) is 6.57. The molecule has 6 nitrogen and oxygen atoms in total. The lowest BCUT2D eigenvalue weighted by atomic mass is 9.90. The van der Waals surface area contributed by atoms with E-state index in [1.54, 1.807) is 18.7 Å². The number of hydrogen-bond donors (Lipinski definition) is 3. The Morgan fingerprint density at radius 2 is 2.00 bits per heavy atom. The maximum atomic E-state index is 12.2. The zero-order chi connectivity index (χ0) is 13.5. The summed E-state index contributed by atoms with van der Waals surface area (Å²) in [7, 11) is 0. The van der Waals surface area contributed by atoms with Gasteiger partial charge >= 0.3 is 0 Å². The van der Waals surface area contributed by atoms with Gasteiger partial charge in [-0.2, -0.15) is 0 Å². The molecule has 17 heavy (non-hydrogen) atoms. The smallest absolute Gasteiger partial charge is 0.236 e. The predicted octanol–water partition coefficient (Wildman–Crippen LogP) is 0.380. The molecule has 0 saturated carbocycles. The predicted molar refractivity (Wildman–Crippen MR) is 65.8 cm³/mol. The van der Waals surface area contributed by atoms with Crippen molar-refractivity contribution in [2.24, 2.45) is 16.3 Å². The maximum absolute atomic E-state index is 12.2. The molecule has 0 bridgehead atoms. The Bertz CT molecular complexity index is 277. The van der Waals surface area contributed by atoms with Crippen LogP contribution in [-0.2, 0) is 4.79 Å². The fourth-order valence-corrected chi connectivity index (χ4v) is 1.41. The van der Waals surface area contributed by atoms with Crippen LogP contribution in [0.15, 0.2) is 5.16 Å². The first kappa shape index (κ1) is 15.7. The zero-order valence-electron chi connectivity index (χ0n) is 10.8. The average molecular weight is 245 g/mol. The van der Waals surface area contributed by atoms with Gasteiger partial charge in [0, 0.05) is 13.1 Å². The molecule has 0 aromatic carbocycles. The van der Waals surface area contributed by atoms with E-state index in [2.05, 4.69) is 5.16 Å². The van der Waals surface area contributed by atoms with Gasteiger partial charge in [-0.1, -0.05) is 18.5 Å². The lowest BCUT2D eigenvalue weighted by Gasteiger charge is -2.30. The lowest BCUT2D eigenvalue weighted by molar-refractivity contribution is -0.137. The van der Waals surface area contributed by atoms with Gasteiger partial charge in [0.1, 0.15) is 5.41 Å². The molecule has 0 saturated heterocycles. The summed E-state index contributed by atoms with van der Waals surface area (Å²) in [5.74, 6) is -0.364. The minimum atomic E-state index is -1.06. The Balaban J connectivity index is 4.81. The average Bonchev–Trinajstić information content (AvgIpc) is 2.32. The second kappa shape index (κ2) is 7.11. The molecule has 0 atom stereocenters. The van der Waals surface area contributed by atoms with Crippen LogP contribution in [0, 0.1) is 5.41 Å². The summed E-state index contributed by atoms with van der Waals surface area (Å²) in [4.78, 5) is 13.7. The van der Waals surface area contributed by atoms with Crippen LogP contribution in [0.5, 0.6) is 0 Å². The van der Waals surface area contributed by atoms with Crippen LogP contribution in [0.3, 0.4) is 0 Å². The molecule has 6 heteroatoms. The molecule has 0 spiro atoms. The summed E-state index contributed by atoms with van der Waals surface area (Å²) < 4.78 is 0. The van der Waals surface area contributed by atoms with Gasteiger partial charge in [-0.15, -0.1) is 0 Å². The lowest BCUT2D eigenvalue weighted by Crippen LogP contribution is -2.49. The van der Waals surface area contributed by atoms with Gasteiger partial charge in [0.2, 0.25) is 5.91 Å². The molecule has 0 fully saturated rings. The molecule has 0 rings (SSSR count). The summed E-state index contributed by atoms with van der Waals surface area (Å²) in [6, 6.07) is 0. The third-order valence-electron chi connectivity index (χ3n) is 2.72. The van der Waals surface area contributed by atoms with Gasteiger partial charge in [-0.05, 0) is 20.3 Å². The van der Waals surface area contributed by atoms with E-state index in [1.807, 2.05) is 6.92 Å². The fraction of sp³-hybridized carbons (Fsp3) is 0.818. The van der Waals surface area contributed by atoms with Crippen molar-refractivity contribution in [3.8, 4) is 0 Å². The minimum Gasteiger partial charge on any atom is -0.409 e. The van der Waals surface area contributed by atoms with Crippen molar-refractivity contribution in [1.29, 1.82) is 0 Å². The van der Waals surface area contributed by atoms with E-state index >= 15 is 0 Å². The molecule has 4 N–H and O–H groups in total. The van der Waals surface area contributed by atoms with Gasteiger partial charge in [0.15, 0.2) is 5.84 Å². The molecule has 0 heterocycles. The van der Waals surface area contributed by atoms with E-state index in [4.69, 9.17) is 16.0 Å². The monoisotopic (exact) mass is 245 g/mol. The Morgan fingerprint density at radius 3 is 2.41 bits per heavy atom. The highest BCUT2D eigenvalue weighted by molar-refractivity contribution is 6.05. The van der Waals surface area contributed by atoms with Gasteiger partial charge in [-0.25, -0.2) is 0 Å². The molecule has 0 aliphatic rings. The van der Waals surface area contributed by atoms with Crippen molar-refractivity contribution < 1.29 is 15.1 Å². The second-order valence-corrected chi connectivity index (χ2v) is 4.48. The zero-order valence-corrected chi connectivity index (χ0v) is 10.8. The standard InChI is InChI=1S/C11H23N3O3/c1-4-5-6-14(7-8-15)10(16)11(2,3)9(12)13-17/h15,17H,4-8H2,1-3H3,(H2,12,13). The van der Waals surface area contributed by atoms with Crippen LogP contribution in [0.1, 0.15) is 33.6 Å². The SMILES string of the molecule is CCCCN(CCO)C(=O)C(C)(C)C(N)=NO. The third kappa shape index (κ3) is 4.22. The number of amides is 1. The molecular weight excluding hydrogens is 222 g/mol. The van der Waals surface area contributed by atoms with Crippen LogP contribution < -0.4 is 5.73 Å². The van der Waals surface area contributed by atoms with E-state index < -0.39 is 5.41 Å². The summed E-state index contributed by atoms with van der Waals surface area (Å²) in [5, 5.41) is 20.5. The third-order valence-corrected chi connectivity index (χ3v) is 2.72. The molecule has 0 aliphatic carbocycles. The second-order valence-electron chi connectivity index (χ2n) is 4.48. The van der Waals surface area contributed by atoms with Crippen molar-refractivity contribution in [1.82, 2.24) is 4.90 Å². The largest absolute Gasteiger partial charge is 0.409 e. The van der Waals surface area contributed by atoms with Gasteiger partial charge in [-0.3, -0.25) is 4.79 Å². The molecule has 0 aromatic heterocycles. The number of oxime groups is 1. The number of aliphatic hydroxyl groups is 1.